The number of carbonyl (C=O) groups excluding carboxylic acids is 1. The molecule has 0 radical (unpaired) electrons. The summed E-state index contributed by atoms with van der Waals surface area (Å²) in [5, 5.41) is 11.6. The van der Waals surface area contributed by atoms with Crippen LogP contribution in [0.25, 0.3) is 0 Å². The minimum absolute atomic E-state index is 0.0421. The molecule has 0 aliphatic carbocycles. The van der Waals surface area contributed by atoms with Gasteiger partial charge in [0.05, 0.1) is 6.61 Å². The van der Waals surface area contributed by atoms with Crippen LogP contribution in [0, 0.1) is 18.8 Å². The Kier molecular flexibility index (Phi) is 5.14. The monoisotopic (exact) mass is 279 g/mol. The minimum atomic E-state index is -0.157. The zero-order valence-electron chi connectivity index (χ0n) is 11.9. The average molecular weight is 279 g/mol. The third kappa shape index (κ3) is 4.20. The number of anilines is 1. The first kappa shape index (κ1) is 14.8. The number of para-hydroxylation sites is 1. The van der Waals surface area contributed by atoms with Gasteiger partial charge in [-0.05, 0) is 36.8 Å². The van der Waals surface area contributed by atoms with Crippen LogP contribution in [0.4, 0.5) is 5.69 Å². The number of benzene rings is 2. The lowest BCUT2D eigenvalue weighted by Gasteiger charge is -2.08. The van der Waals surface area contributed by atoms with Gasteiger partial charge in [0, 0.05) is 23.2 Å². The van der Waals surface area contributed by atoms with E-state index < -0.39 is 0 Å². The molecule has 3 nitrogen and oxygen atoms in total. The fraction of sp³-hybridized carbons (Fsp3) is 0.167. The fourth-order valence-corrected chi connectivity index (χ4v) is 1.87. The van der Waals surface area contributed by atoms with Crippen LogP contribution in [0.5, 0.6) is 0 Å². The van der Waals surface area contributed by atoms with Crippen molar-refractivity contribution in [2.24, 2.45) is 0 Å². The fourth-order valence-electron chi connectivity index (χ4n) is 1.87. The highest BCUT2D eigenvalue weighted by atomic mass is 16.2. The summed E-state index contributed by atoms with van der Waals surface area (Å²) in [4.78, 5) is 12.2. The molecule has 0 heterocycles. The molecule has 1 amide bonds. The quantitative estimate of drug-likeness (QED) is 0.849. The lowest BCUT2D eigenvalue weighted by atomic mass is 10.1. The van der Waals surface area contributed by atoms with Crippen LogP contribution >= 0.6 is 0 Å². The van der Waals surface area contributed by atoms with E-state index in [0.29, 0.717) is 12.0 Å². The molecule has 0 aliphatic rings. The number of amides is 1. The number of hydrogen-bond donors (Lipinski definition) is 2. The molecule has 0 aromatic heterocycles. The Morgan fingerprint density at radius 3 is 2.76 bits per heavy atom. The van der Waals surface area contributed by atoms with Gasteiger partial charge in [0.1, 0.15) is 0 Å². The Balaban J connectivity index is 2.15. The Morgan fingerprint density at radius 1 is 1.19 bits per heavy atom. The number of nitrogens with one attached hydrogen (secondary N) is 1. The normalized spacial score (nSPS) is 9.62. The van der Waals surface area contributed by atoms with Crippen molar-refractivity contribution < 1.29 is 9.90 Å². The van der Waals surface area contributed by atoms with Crippen LogP contribution in [0.1, 0.15) is 27.9 Å². The summed E-state index contributed by atoms with van der Waals surface area (Å²) < 4.78 is 0. The number of aliphatic hydroxyl groups is 1. The second-order valence-electron chi connectivity index (χ2n) is 4.63. The summed E-state index contributed by atoms with van der Waals surface area (Å²) in [6.45, 7) is 1.99. The van der Waals surface area contributed by atoms with Gasteiger partial charge in [-0.1, -0.05) is 36.1 Å². The number of hydrogen-bond acceptors (Lipinski definition) is 2. The molecule has 0 saturated carbocycles. The van der Waals surface area contributed by atoms with Crippen LogP contribution < -0.4 is 5.32 Å². The minimum Gasteiger partial charge on any atom is -0.395 e. The van der Waals surface area contributed by atoms with Gasteiger partial charge in [-0.2, -0.15) is 0 Å². The van der Waals surface area contributed by atoms with E-state index in [2.05, 4.69) is 17.2 Å². The van der Waals surface area contributed by atoms with Crippen molar-refractivity contribution in [1.82, 2.24) is 0 Å². The molecule has 2 aromatic rings. The molecule has 2 rings (SSSR count). The summed E-state index contributed by atoms with van der Waals surface area (Å²) in [6.07, 6.45) is 0.430. The molecule has 0 spiro atoms. The van der Waals surface area contributed by atoms with E-state index in [0.717, 1.165) is 16.8 Å². The molecule has 0 aliphatic heterocycles. The molecule has 0 atom stereocenters. The van der Waals surface area contributed by atoms with Crippen LogP contribution in [-0.2, 0) is 0 Å². The van der Waals surface area contributed by atoms with Gasteiger partial charge >= 0.3 is 0 Å². The standard InChI is InChI=1S/C18H17NO2/c1-14-7-2-3-11-17(14)19-18(21)16-10-6-9-15(13-16)8-4-5-12-20/h2-3,6-7,9-11,13,20H,5,12H2,1H3,(H,19,21). The molecule has 0 unspecified atom stereocenters. The summed E-state index contributed by atoms with van der Waals surface area (Å²) in [5.41, 5.74) is 3.15. The predicted octanol–water partition coefficient (Wildman–Crippen LogP) is 2.98. The Bertz CT molecular complexity index is 696. The molecule has 21 heavy (non-hydrogen) atoms. The molecule has 3 heteroatoms. The smallest absolute Gasteiger partial charge is 0.255 e. The molecule has 2 aromatic carbocycles. The largest absolute Gasteiger partial charge is 0.395 e. The number of aliphatic hydroxyl groups excluding tert-OH is 1. The summed E-state index contributed by atoms with van der Waals surface area (Å²) >= 11 is 0. The molecular formula is C18H17NO2. The maximum Gasteiger partial charge on any atom is 0.255 e. The molecule has 2 N–H and O–H groups in total. The van der Waals surface area contributed by atoms with Gasteiger partial charge in [-0.25, -0.2) is 0 Å². The van der Waals surface area contributed by atoms with Crippen molar-refractivity contribution in [2.75, 3.05) is 11.9 Å². The summed E-state index contributed by atoms with van der Waals surface area (Å²) in [7, 11) is 0. The lowest BCUT2D eigenvalue weighted by molar-refractivity contribution is 0.102. The maximum atomic E-state index is 12.2. The van der Waals surface area contributed by atoms with E-state index in [-0.39, 0.29) is 12.5 Å². The summed E-state index contributed by atoms with van der Waals surface area (Å²) in [5.74, 6) is 5.61. The van der Waals surface area contributed by atoms with Crippen LogP contribution in [0.15, 0.2) is 48.5 Å². The first-order valence-corrected chi connectivity index (χ1v) is 6.77. The Hall–Kier alpha value is -2.57. The third-order valence-corrected chi connectivity index (χ3v) is 2.99. The van der Waals surface area contributed by atoms with Gasteiger partial charge in [0.15, 0.2) is 0 Å². The van der Waals surface area contributed by atoms with E-state index >= 15 is 0 Å². The van der Waals surface area contributed by atoms with E-state index in [9.17, 15) is 4.79 Å². The second-order valence-corrected chi connectivity index (χ2v) is 4.63. The van der Waals surface area contributed by atoms with Crippen molar-refractivity contribution in [1.29, 1.82) is 0 Å². The first-order valence-electron chi connectivity index (χ1n) is 6.77. The zero-order chi connectivity index (χ0) is 15.1. The number of rotatable bonds is 3. The van der Waals surface area contributed by atoms with Crippen LogP contribution in [0.3, 0.4) is 0 Å². The van der Waals surface area contributed by atoms with E-state index in [1.807, 2.05) is 37.3 Å². The van der Waals surface area contributed by atoms with Crippen molar-refractivity contribution in [3.05, 3.63) is 65.2 Å². The van der Waals surface area contributed by atoms with Gasteiger partial charge in [-0.15, -0.1) is 0 Å². The van der Waals surface area contributed by atoms with Crippen LogP contribution in [0.2, 0.25) is 0 Å². The SMILES string of the molecule is Cc1ccccc1NC(=O)c1cccc(C#CCCO)c1. The highest BCUT2D eigenvalue weighted by Gasteiger charge is 2.07. The van der Waals surface area contributed by atoms with Gasteiger partial charge in [-0.3, -0.25) is 4.79 Å². The van der Waals surface area contributed by atoms with Crippen molar-refractivity contribution >= 4 is 11.6 Å². The number of carbonyl (C=O) groups is 1. The topological polar surface area (TPSA) is 49.3 Å². The van der Waals surface area contributed by atoms with Crippen LogP contribution in [-0.4, -0.2) is 17.6 Å². The van der Waals surface area contributed by atoms with E-state index in [4.69, 9.17) is 5.11 Å². The second kappa shape index (κ2) is 7.28. The zero-order valence-corrected chi connectivity index (χ0v) is 11.9. The summed E-state index contributed by atoms with van der Waals surface area (Å²) in [6, 6.07) is 14.8. The highest BCUT2D eigenvalue weighted by molar-refractivity contribution is 6.04. The lowest BCUT2D eigenvalue weighted by Crippen LogP contribution is -2.12. The van der Waals surface area contributed by atoms with E-state index in [1.165, 1.54) is 0 Å². The molecule has 106 valence electrons. The Labute approximate surface area is 124 Å². The Morgan fingerprint density at radius 2 is 2.00 bits per heavy atom. The average Bonchev–Trinajstić information content (AvgIpc) is 2.50. The molecule has 0 bridgehead atoms. The van der Waals surface area contributed by atoms with E-state index in [1.54, 1.807) is 18.2 Å². The van der Waals surface area contributed by atoms with Crippen molar-refractivity contribution in [2.45, 2.75) is 13.3 Å². The van der Waals surface area contributed by atoms with Gasteiger partial charge in [0.25, 0.3) is 5.91 Å². The van der Waals surface area contributed by atoms with Crippen molar-refractivity contribution in [3.8, 4) is 11.8 Å². The number of aryl methyl sites for hydroxylation is 1. The maximum absolute atomic E-state index is 12.2. The third-order valence-electron chi connectivity index (χ3n) is 2.99. The highest BCUT2D eigenvalue weighted by Crippen LogP contribution is 2.15. The molecular weight excluding hydrogens is 262 g/mol. The van der Waals surface area contributed by atoms with Gasteiger partial charge < -0.3 is 10.4 Å². The predicted molar refractivity (Wildman–Crippen MR) is 84.2 cm³/mol. The first-order chi connectivity index (χ1) is 10.2. The van der Waals surface area contributed by atoms with Gasteiger partial charge in [0.2, 0.25) is 0 Å². The molecule has 0 fully saturated rings. The molecule has 0 saturated heterocycles. The van der Waals surface area contributed by atoms with Crippen molar-refractivity contribution in [3.63, 3.8) is 0 Å².